The lowest BCUT2D eigenvalue weighted by Crippen LogP contribution is -2.32. The van der Waals surface area contributed by atoms with E-state index in [1.54, 1.807) is 0 Å². The van der Waals surface area contributed by atoms with Crippen molar-refractivity contribution in [3.63, 3.8) is 0 Å². The Morgan fingerprint density at radius 1 is 1.35 bits per heavy atom. The van der Waals surface area contributed by atoms with Crippen molar-refractivity contribution in [2.24, 2.45) is 5.92 Å². The summed E-state index contributed by atoms with van der Waals surface area (Å²) in [6, 6.07) is 6.82. The second-order valence-corrected chi connectivity index (χ2v) is 4.44. The molecule has 17 heavy (non-hydrogen) atoms. The van der Waals surface area contributed by atoms with Gasteiger partial charge in [-0.15, -0.1) is 0 Å². The van der Waals surface area contributed by atoms with E-state index in [1.807, 2.05) is 26.1 Å². The first-order valence-corrected chi connectivity index (χ1v) is 6.75. The molecule has 1 saturated heterocycles. The zero-order chi connectivity index (χ0) is 12.3. The van der Waals surface area contributed by atoms with Gasteiger partial charge in [0.1, 0.15) is 0 Å². The van der Waals surface area contributed by atoms with Crippen molar-refractivity contribution in [1.29, 1.82) is 0 Å². The van der Waals surface area contributed by atoms with Crippen molar-refractivity contribution in [3.05, 3.63) is 36.2 Å². The predicted octanol–water partition coefficient (Wildman–Crippen LogP) is 3.22. The first-order chi connectivity index (χ1) is 8.38. The number of hydrogen-bond donors (Lipinski definition) is 0. The summed E-state index contributed by atoms with van der Waals surface area (Å²) in [5.41, 5.74) is 2.62. The molecule has 0 spiro atoms. The predicted molar refractivity (Wildman–Crippen MR) is 72.7 cm³/mol. The fraction of sp³-hybridized carbons (Fsp3) is 0.533. The van der Waals surface area contributed by atoms with E-state index in [4.69, 9.17) is 0 Å². The lowest BCUT2D eigenvalue weighted by atomic mass is 10.1. The molecule has 1 aliphatic carbocycles. The summed E-state index contributed by atoms with van der Waals surface area (Å²) in [4.78, 5) is 7.02. The smallest absolute Gasteiger partial charge is 0.0674 e. The molecule has 0 amide bonds. The van der Waals surface area contributed by atoms with E-state index in [0.29, 0.717) is 6.04 Å². The van der Waals surface area contributed by atoms with Gasteiger partial charge in [-0.1, -0.05) is 32.9 Å². The van der Waals surface area contributed by atoms with Crippen LogP contribution in [0.1, 0.15) is 32.9 Å². The largest absolute Gasteiger partial charge is 0.296 e. The van der Waals surface area contributed by atoms with E-state index < -0.39 is 0 Å². The Balaban J connectivity index is 0.000000514. The third-order valence-electron chi connectivity index (χ3n) is 3.58. The number of rotatable bonds is 2. The van der Waals surface area contributed by atoms with Crippen LogP contribution in [0.4, 0.5) is 0 Å². The maximum Gasteiger partial charge on any atom is 0.0674 e. The third kappa shape index (κ3) is 2.27. The Kier molecular flexibility index (Phi) is 3.95. The van der Waals surface area contributed by atoms with Crippen LogP contribution in [-0.2, 0) is 0 Å². The minimum atomic E-state index is 0.634. The normalized spacial score (nSPS) is 26.4. The Morgan fingerprint density at radius 3 is 2.76 bits per heavy atom. The standard InChI is InChI=1S/C13H16N2.C2H6/c1-2-15-9-10-7-11(13(15)8-10)12-5-3-4-6-14-12;1-2/h3-7,10,13H,2,8-9H2,1H3;1-2H3. The molecular formula is C15H22N2. The van der Waals surface area contributed by atoms with Gasteiger partial charge < -0.3 is 0 Å². The van der Waals surface area contributed by atoms with E-state index in [-0.39, 0.29) is 0 Å². The lowest BCUT2D eigenvalue weighted by Gasteiger charge is -2.26. The topological polar surface area (TPSA) is 16.1 Å². The van der Waals surface area contributed by atoms with Gasteiger partial charge in [0.15, 0.2) is 0 Å². The van der Waals surface area contributed by atoms with Crippen LogP contribution in [0, 0.1) is 5.92 Å². The highest BCUT2D eigenvalue weighted by atomic mass is 15.2. The number of nitrogens with zero attached hydrogens (tertiary/aromatic N) is 2. The van der Waals surface area contributed by atoms with Gasteiger partial charge in [0.25, 0.3) is 0 Å². The van der Waals surface area contributed by atoms with Crippen molar-refractivity contribution in [3.8, 4) is 0 Å². The molecule has 1 aromatic rings. The molecule has 1 fully saturated rings. The average Bonchev–Trinajstić information content (AvgIpc) is 3.01. The minimum absolute atomic E-state index is 0.634. The maximum atomic E-state index is 4.45. The highest BCUT2D eigenvalue weighted by Gasteiger charge is 2.38. The summed E-state index contributed by atoms with van der Waals surface area (Å²) >= 11 is 0. The Bertz CT molecular complexity index is 383. The number of aromatic nitrogens is 1. The summed E-state index contributed by atoms with van der Waals surface area (Å²) in [6.07, 6.45) is 5.62. The molecule has 2 aliphatic rings. The van der Waals surface area contributed by atoms with Crippen molar-refractivity contribution in [2.45, 2.75) is 33.2 Å². The molecule has 2 bridgehead atoms. The molecule has 1 aliphatic heterocycles. The van der Waals surface area contributed by atoms with Crippen LogP contribution >= 0.6 is 0 Å². The van der Waals surface area contributed by atoms with E-state index >= 15 is 0 Å². The van der Waals surface area contributed by atoms with E-state index in [9.17, 15) is 0 Å². The van der Waals surface area contributed by atoms with Crippen LogP contribution < -0.4 is 0 Å². The highest BCUT2D eigenvalue weighted by molar-refractivity contribution is 5.70. The molecule has 2 heterocycles. The van der Waals surface area contributed by atoms with Crippen LogP contribution in [0.3, 0.4) is 0 Å². The second-order valence-electron chi connectivity index (χ2n) is 4.44. The number of fused-ring (bicyclic) bond motifs is 2. The SMILES string of the molecule is CC.CCN1CC2C=C(c3ccccn3)C1C2. The molecule has 2 unspecified atom stereocenters. The van der Waals surface area contributed by atoms with Gasteiger partial charge in [0.2, 0.25) is 0 Å². The number of pyridine rings is 1. The van der Waals surface area contributed by atoms with Crippen molar-refractivity contribution in [2.75, 3.05) is 13.1 Å². The van der Waals surface area contributed by atoms with Gasteiger partial charge in [-0.2, -0.15) is 0 Å². The molecule has 3 rings (SSSR count). The summed E-state index contributed by atoms with van der Waals surface area (Å²) in [5, 5.41) is 0. The van der Waals surface area contributed by atoms with Crippen molar-refractivity contribution in [1.82, 2.24) is 9.88 Å². The van der Waals surface area contributed by atoms with Gasteiger partial charge >= 0.3 is 0 Å². The molecular weight excluding hydrogens is 208 g/mol. The van der Waals surface area contributed by atoms with Crippen LogP contribution in [-0.4, -0.2) is 29.0 Å². The van der Waals surface area contributed by atoms with Crippen LogP contribution in [0.25, 0.3) is 5.57 Å². The molecule has 0 aromatic carbocycles. The van der Waals surface area contributed by atoms with Crippen molar-refractivity contribution < 1.29 is 0 Å². The zero-order valence-corrected chi connectivity index (χ0v) is 11.1. The highest BCUT2D eigenvalue weighted by Crippen LogP contribution is 2.40. The molecule has 1 aromatic heterocycles. The van der Waals surface area contributed by atoms with E-state index in [2.05, 4.69) is 35.0 Å². The first kappa shape index (κ1) is 12.3. The van der Waals surface area contributed by atoms with Gasteiger partial charge in [-0.3, -0.25) is 9.88 Å². The monoisotopic (exact) mass is 230 g/mol. The number of likely N-dealkylation sites (N-methyl/N-ethyl adjacent to an activating group) is 1. The second kappa shape index (κ2) is 5.46. The molecule has 2 atom stereocenters. The molecule has 0 N–H and O–H groups in total. The molecule has 0 radical (unpaired) electrons. The summed E-state index contributed by atoms with van der Waals surface area (Å²) < 4.78 is 0. The molecule has 92 valence electrons. The maximum absolute atomic E-state index is 4.45. The summed E-state index contributed by atoms with van der Waals surface area (Å²) in [6.45, 7) is 8.65. The van der Waals surface area contributed by atoms with E-state index in [1.165, 1.54) is 24.2 Å². The van der Waals surface area contributed by atoms with Crippen LogP contribution in [0.15, 0.2) is 30.5 Å². The van der Waals surface area contributed by atoms with Gasteiger partial charge in [-0.25, -0.2) is 0 Å². The number of hydrogen-bond acceptors (Lipinski definition) is 2. The molecule has 0 saturated carbocycles. The van der Waals surface area contributed by atoms with Crippen LogP contribution in [0.5, 0.6) is 0 Å². The number of likely N-dealkylation sites (tertiary alicyclic amines) is 1. The van der Waals surface area contributed by atoms with E-state index in [0.717, 1.165) is 12.5 Å². The minimum Gasteiger partial charge on any atom is -0.296 e. The van der Waals surface area contributed by atoms with Crippen molar-refractivity contribution >= 4 is 5.57 Å². The van der Waals surface area contributed by atoms with Crippen LogP contribution in [0.2, 0.25) is 0 Å². The quantitative estimate of drug-likeness (QED) is 0.775. The summed E-state index contributed by atoms with van der Waals surface area (Å²) in [5.74, 6) is 0.770. The Morgan fingerprint density at radius 2 is 2.18 bits per heavy atom. The first-order valence-electron chi connectivity index (χ1n) is 6.75. The average molecular weight is 230 g/mol. The third-order valence-corrected chi connectivity index (χ3v) is 3.58. The zero-order valence-electron chi connectivity index (χ0n) is 11.1. The Labute approximate surface area is 104 Å². The lowest BCUT2D eigenvalue weighted by molar-refractivity contribution is 0.302. The van der Waals surface area contributed by atoms with Gasteiger partial charge in [-0.05, 0) is 36.6 Å². The van der Waals surface area contributed by atoms with Gasteiger partial charge in [0, 0.05) is 18.8 Å². The molecule has 2 nitrogen and oxygen atoms in total. The van der Waals surface area contributed by atoms with Gasteiger partial charge in [0.05, 0.1) is 5.69 Å². The summed E-state index contributed by atoms with van der Waals surface area (Å²) in [7, 11) is 0. The fourth-order valence-electron chi connectivity index (χ4n) is 2.89. The Hall–Kier alpha value is -1.15. The molecule has 2 heteroatoms. The fourth-order valence-corrected chi connectivity index (χ4v) is 2.89.